The average molecular weight is 366 g/mol. The van der Waals surface area contributed by atoms with Gasteiger partial charge in [0.25, 0.3) is 5.91 Å². The second-order valence-electron chi connectivity index (χ2n) is 8.13. The molecule has 1 heterocycles. The van der Waals surface area contributed by atoms with Crippen molar-refractivity contribution in [2.75, 3.05) is 19.8 Å². The predicted octanol–water partition coefficient (Wildman–Crippen LogP) is 3.37. The maximum Gasteiger partial charge on any atom is 0.286 e. The number of aliphatic hydroxyl groups is 1. The molecule has 0 aromatic heterocycles. The standard InChI is InChI=1S/C21H35NO4/c1-2-25-21-17(9-6-12-23)18(16-7-4-3-5-8-16)13-19(26-21)20(24)22-14-15-10-11-15/h13,15-18,21,23H,2-12,14H2,1H3,(H,22,24)/t17-,18+,21+/m0/s1. The summed E-state index contributed by atoms with van der Waals surface area (Å²) < 4.78 is 11.9. The Morgan fingerprint density at radius 3 is 2.69 bits per heavy atom. The number of nitrogens with one attached hydrogen (secondary N) is 1. The lowest BCUT2D eigenvalue weighted by molar-refractivity contribution is -0.177. The summed E-state index contributed by atoms with van der Waals surface area (Å²) in [7, 11) is 0. The Kier molecular flexibility index (Phi) is 7.38. The van der Waals surface area contributed by atoms with Gasteiger partial charge in [-0.3, -0.25) is 4.79 Å². The van der Waals surface area contributed by atoms with Crippen molar-refractivity contribution in [3.05, 3.63) is 11.8 Å². The molecular formula is C21H35NO4. The molecule has 2 N–H and O–H groups in total. The maximum atomic E-state index is 12.6. The van der Waals surface area contributed by atoms with E-state index in [1.54, 1.807) is 0 Å². The SMILES string of the molecule is CCO[C@@H]1OC(C(=O)NCC2CC2)=C[C@H](C2CCCCC2)[C@@H]1CCCO. The van der Waals surface area contributed by atoms with Gasteiger partial charge in [0.1, 0.15) is 0 Å². The fourth-order valence-electron chi connectivity index (χ4n) is 4.49. The predicted molar refractivity (Wildman–Crippen MR) is 100 cm³/mol. The first-order valence-electron chi connectivity index (χ1n) is 10.6. The number of hydrogen-bond donors (Lipinski definition) is 2. The van der Waals surface area contributed by atoms with Gasteiger partial charge in [0.05, 0.1) is 0 Å². The van der Waals surface area contributed by atoms with Gasteiger partial charge in [0, 0.05) is 25.7 Å². The average Bonchev–Trinajstić information content (AvgIpc) is 3.50. The van der Waals surface area contributed by atoms with E-state index < -0.39 is 0 Å². The topological polar surface area (TPSA) is 67.8 Å². The lowest BCUT2D eigenvalue weighted by Crippen LogP contribution is -2.42. The van der Waals surface area contributed by atoms with Crippen LogP contribution in [0.3, 0.4) is 0 Å². The maximum absolute atomic E-state index is 12.6. The third kappa shape index (κ3) is 5.23. The van der Waals surface area contributed by atoms with Crippen molar-refractivity contribution in [2.45, 2.75) is 71.0 Å². The fourth-order valence-corrected chi connectivity index (χ4v) is 4.49. The van der Waals surface area contributed by atoms with Gasteiger partial charge >= 0.3 is 0 Å². The van der Waals surface area contributed by atoms with Gasteiger partial charge in [-0.05, 0) is 69.3 Å². The van der Waals surface area contributed by atoms with Crippen molar-refractivity contribution in [1.29, 1.82) is 0 Å². The summed E-state index contributed by atoms with van der Waals surface area (Å²) in [4.78, 5) is 12.6. The molecule has 2 fully saturated rings. The van der Waals surface area contributed by atoms with E-state index in [1.807, 2.05) is 6.92 Å². The van der Waals surface area contributed by atoms with Crippen LogP contribution in [0.25, 0.3) is 0 Å². The molecule has 0 radical (unpaired) electrons. The minimum absolute atomic E-state index is 0.0944. The van der Waals surface area contributed by atoms with Crippen LogP contribution < -0.4 is 5.32 Å². The fraction of sp³-hybridized carbons (Fsp3) is 0.857. The smallest absolute Gasteiger partial charge is 0.286 e. The quantitative estimate of drug-likeness (QED) is 0.657. The molecule has 3 atom stereocenters. The number of carbonyl (C=O) groups is 1. The van der Waals surface area contributed by atoms with Crippen molar-refractivity contribution in [1.82, 2.24) is 5.32 Å². The molecule has 0 aromatic carbocycles. The van der Waals surface area contributed by atoms with Crippen molar-refractivity contribution >= 4 is 5.91 Å². The van der Waals surface area contributed by atoms with Crippen LogP contribution in [-0.2, 0) is 14.3 Å². The molecule has 2 aliphatic carbocycles. The molecule has 0 aromatic rings. The molecule has 0 saturated heterocycles. The largest absolute Gasteiger partial charge is 0.459 e. The molecule has 26 heavy (non-hydrogen) atoms. The first-order chi connectivity index (χ1) is 12.7. The summed E-state index contributed by atoms with van der Waals surface area (Å²) in [5.74, 6) is 2.10. The number of carbonyl (C=O) groups excluding carboxylic acids is 1. The molecule has 0 bridgehead atoms. The molecule has 148 valence electrons. The van der Waals surface area contributed by atoms with Crippen molar-refractivity contribution < 1.29 is 19.4 Å². The van der Waals surface area contributed by atoms with Crippen LogP contribution in [0.5, 0.6) is 0 Å². The summed E-state index contributed by atoms with van der Waals surface area (Å²) in [5.41, 5.74) is 0. The second-order valence-corrected chi connectivity index (χ2v) is 8.13. The van der Waals surface area contributed by atoms with E-state index in [0.717, 1.165) is 19.4 Å². The minimum Gasteiger partial charge on any atom is -0.459 e. The van der Waals surface area contributed by atoms with Crippen molar-refractivity contribution in [3.8, 4) is 0 Å². The van der Waals surface area contributed by atoms with Crippen molar-refractivity contribution in [2.24, 2.45) is 23.7 Å². The summed E-state index contributed by atoms with van der Waals surface area (Å²) in [5, 5.41) is 12.3. The van der Waals surface area contributed by atoms with E-state index in [4.69, 9.17) is 9.47 Å². The number of ether oxygens (including phenoxy) is 2. The zero-order valence-electron chi connectivity index (χ0n) is 16.1. The van der Waals surface area contributed by atoms with E-state index in [1.165, 1.54) is 44.9 Å². The van der Waals surface area contributed by atoms with Crippen LogP contribution in [0.1, 0.15) is 64.7 Å². The highest BCUT2D eigenvalue weighted by atomic mass is 16.7. The molecule has 1 amide bonds. The number of rotatable bonds is 9. The highest BCUT2D eigenvalue weighted by Crippen LogP contribution is 2.42. The van der Waals surface area contributed by atoms with Crippen LogP contribution in [0, 0.1) is 23.7 Å². The van der Waals surface area contributed by atoms with E-state index in [9.17, 15) is 9.90 Å². The Bertz CT molecular complexity index is 482. The van der Waals surface area contributed by atoms with Crippen LogP contribution >= 0.6 is 0 Å². The molecule has 2 saturated carbocycles. The third-order valence-electron chi connectivity index (χ3n) is 6.12. The lowest BCUT2D eigenvalue weighted by Gasteiger charge is -2.41. The molecule has 1 aliphatic heterocycles. The van der Waals surface area contributed by atoms with Crippen LogP contribution in [0.2, 0.25) is 0 Å². The lowest BCUT2D eigenvalue weighted by atomic mass is 9.71. The van der Waals surface area contributed by atoms with Gasteiger partial charge < -0.3 is 19.9 Å². The number of allylic oxidation sites excluding steroid dienone is 1. The molecule has 5 nitrogen and oxygen atoms in total. The Hall–Kier alpha value is -1.07. The van der Waals surface area contributed by atoms with Gasteiger partial charge in [-0.15, -0.1) is 0 Å². The van der Waals surface area contributed by atoms with E-state index in [2.05, 4.69) is 11.4 Å². The molecular weight excluding hydrogens is 330 g/mol. The summed E-state index contributed by atoms with van der Waals surface area (Å²) in [6, 6.07) is 0. The number of amides is 1. The monoisotopic (exact) mass is 365 g/mol. The first-order valence-corrected chi connectivity index (χ1v) is 10.6. The van der Waals surface area contributed by atoms with E-state index in [0.29, 0.717) is 30.1 Å². The summed E-state index contributed by atoms with van der Waals surface area (Å²) in [6.07, 6.45) is 12.0. The Morgan fingerprint density at radius 1 is 1.27 bits per heavy atom. The number of aliphatic hydroxyl groups excluding tert-OH is 1. The highest BCUT2D eigenvalue weighted by molar-refractivity contribution is 5.91. The Morgan fingerprint density at radius 2 is 2.04 bits per heavy atom. The van der Waals surface area contributed by atoms with E-state index in [-0.39, 0.29) is 24.7 Å². The summed E-state index contributed by atoms with van der Waals surface area (Å²) >= 11 is 0. The molecule has 0 unspecified atom stereocenters. The van der Waals surface area contributed by atoms with Crippen LogP contribution in [0.15, 0.2) is 11.8 Å². The highest BCUT2D eigenvalue weighted by Gasteiger charge is 2.40. The van der Waals surface area contributed by atoms with Gasteiger partial charge in [0.15, 0.2) is 5.76 Å². The Labute approximate surface area is 157 Å². The molecule has 5 heteroatoms. The normalized spacial score (nSPS) is 29.8. The van der Waals surface area contributed by atoms with Crippen LogP contribution in [0.4, 0.5) is 0 Å². The van der Waals surface area contributed by atoms with Crippen LogP contribution in [-0.4, -0.2) is 37.1 Å². The van der Waals surface area contributed by atoms with Crippen molar-refractivity contribution in [3.63, 3.8) is 0 Å². The third-order valence-corrected chi connectivity index (χ3v) is 6.12. The van der Waals surface area contributed by atoms with Gasteiger partial charge in [-0.2, -0.15) is 0 Å². The van der Waals surface area contributed by atoms with Gasteiger partial charge in [-0.1, -0.05) is 19.3 Å². The van der Waals surface area contributed by atoms with E-state index >= 15 is 0 Å². The number of hydrogen-bond acceptors (Lipinski definition) is 4. The second kappa shape index (κ2) is 9.75. The van der Waals surface area contributed by atoms with Gasteiger partial charge in [0.2, 0.25) is 6.29 Å². The summed E-state index contributed by atoms with van der Waals surface area (Å²) in [6.45, 7) is 3.47. The Balaban J connectivity index is 1.76. The zero-order valence-corrected chi connectivity index (χ0v) is 16.1. The van der Waals surface area contributed by atoms with Gasteiger partial charge in [-0.25, -0.2) is 0 Å². The molecule has 3 rings (SSSR count). The minimum atomic E-state index is -0.384. The molecule has 0 spiro atoms. The zero-order chi connectivity index (χ0) is 18.4. The first kappa shape index (κ1) is 19.7. The molecule has 3 aliphatic rings.